The van der Waals surface area contributed by atoms with Gasteiger partial charge in [-0.1, -0.05) is 64.7 Å². The van der Waals surface area contributed by atoms with Crippen molar-refractivity contribution in [3.05, 3.63) is 0 Å². The summed E-state index contributed by atoms with van der Waals surface area (Å²) in [6.07, 6.45) is 12.1. The van der Waals surface area contributed by atoms with Gasteiger partial charge in [0.05, 0.1) is 19.6 Å². The topological polar surface area (TPSA) is 76.0 Å². The van der Waals surface area contributed by atoms with Crippen LogP contribution in [0, 0.1) is 0 Å². The highest BCUT2D eigenvalue weighted by Gasteiger charge is 2.07. The van der Waals surface area contributed by atoms with E-state index in [1.165, 1.54) is 57.8 Å². The number of aliphatic hydroxyl groups excluding tert-OH is 2. The lowest BCUT2D eigenvalue weighted by Gasteiger charge is -2.08. The summed E-state index contributed by atoms with van der Waals surface area (Å²) in [6.45, 7) is 2.72. The second-order valence-electron chi connectivity index (χ2n) is 6.06. The molecule has 0 amide bonds. The predicted molar refractivity (Wildman–Crippen MR) is 91.3 cm³/mol. The van der Waals surface area contributed by atoms with E-state index in [2.05, 4.69) is 6.92 Å². The molecule has 0 heterocycles. The molecule has 0 saturated heterocycles. The summed E-state index contributed by atoms with van der Waals surface area (Å²) in [5.74, 6) is -0.402. The van der Waals surface area contributed by atoms with Gasteiger partial charge in [-0.3, -0.25) is 4.79 Å². The molecular formula is C18H36O5. The highest BCUT2D eigenvalue weighted by Crippen LogP contribution is 2.10. The number of hydrogen-bond donors (Lipinski definition) is 2. The minimum absolute atomic E-state index is 0.159. The van der Waals surface area contributed by atoms with E-state index >= 15 is 0 Å². The smallest absolute Gasteiger partial charge is 0.308 e. The van der Waals surface area contributed by atoms with Crippen molar-refractivity contribution in [3.63, 3.8) is 0 Å². The van der Waals surface area contributed by atoms with Gasteiger partial charge >= 0.3 is 5.97 Å². The van der Waals surface area contributed by atoms with Gasteiger partial charge < -0.3 is 19.7 Å². The Morgan fingerprint density at radius 2 is 1.48 bits per heavy atom. The average molecular weight is 332 g/mol. The summed E-state index contributed by atoms with van der Waals surface area (Å²) in [7, 11) is 0. The van der Waals surface area contributed by atoms with Crippen molar-refractivity contribution in [1.82, 2.24) is 0 Å². The van der Waals surface area contributed by atoms with Crippen LogP contribution in [0.5, 0.6) is 0 Å². The molecule has 138 valence electrons. The van der Waals surface area contributed by atoms with Crippen molar-refractivity contribution in [3.8, 4) is 0 Å². The van der Waals surface area contributed by atoms with Gasteiger partial charge in [0, 0.05) is 6.61 Å². The van der Waals surface area contributed by atoms with Gasteiger partial charge in [0.2, 0.25) is 0 Å². The summed E-state index contributed by atoms with van der Waals surface area (Å²) in [4.78, 5) is 11.3. The van der Waals surface area contributed by atoms with Crippen molar-refractivity contribution in [1.29, 1.82) is 0 Å². The molecule has 0 aliphatic carbocycles. The molecule has 0 rings (SSSR count). The summed E-state index contributed by atoms with van der Waals surface area (Å²) < 4.78 is 10.2. The van der Waals surface area contributed by atoms with E-state index in [0.717, 1.165) is 6.42 Å². The van der Waals surface area contributed by atoms with Crippen molar-refractivity contribution in [2.45, 2.75) is 83.7 Å². The van der Waals surface area contributed by atoms with E-state index in [4.69, 9.17) is 19.7 Å². The van der Waals surface area contributed by atoms with Gasteiger partial charge in [0.1, 0.15) is 12.7 Å². The lowest BCUT2D eigenvalue weighted by molar-refractivity contribution is -0.148. The zero-order valence-corrected chi connectivity index (χ0v) is 14.8. The van der Waals surface area contributed by atoms with Crippen LogP contribution in [0.15, 0.2) is 0 Å². The van der Waals surface area contributed by atoms with Crippen LogP contribution in [0.4, 0.5) is 0 Å². The van der Waals surface area contributed by atoms with Crippen LogP contribution in [0.3, 0.4) is 0 Å². The summed E-state index contributed by atoms with van der Waals surface area (Å²) in [5.41, 5.74) is 0. The lowest BCUT2D eigenvalue weighted by Crippen LogP contribution is -2.22. The van der Waals surface area contributed by atoms with Crippen LogP contribution in [0.1, 0.15) is 77.6 Å². The normalized spacial score (nSPS) is 12.3. The van der Waals surface area contributed by atoms with E-state index in [-0.39, 0.29) is 13.0 Å². The zero-order chi connectivity index (χ0) is 17.2. The highest BCUT2D eigenvalue weighted by molar-refractivity contribution is 5.69. The summed E-state index contributed by atoms with van der Waals surface area (Å²) in [6, 6.07) is 0. The Morgan fingerprint density at radius 3 is 2.04 bits per heavy atom. The van der Waals surface area contributed by atoms with Crippen molar-refractivity contribution in [2.75, 3.05) is 26.4 Å². The molecule has 2 N–H and O–H groups in total. The fourth-order valence-electron chi connectivity index (χ4n) is 2.26. The number of hydrogen-bond acceptors (Lipinski definition) is 5. The maximum absolute atomic E-state index is 11.3. The van der Waals surface area contributed by atoms with Gasteiger partial charge in [-0.2, -0.15) is 0 Å². The number of carbonyl (C=O) groups is 1. The number of rotatable bonds is 17. The standard InChI is InChI=1S/C18H36O5/c1-2-3-4-5-6-7-8-9-10-11-13-22-14-12-18(21)23-16-17(20)15-19/h17,19-20H,2-16H2,1H3. The van der Waals surface area contributed by atoms with Crippen LogP contribution in [-0.2, 0) is 14.3 Å². The third-order valence-electron chi connectivity index (χ3n) is 3.74. The molecule has 0 aromatic rings. The molecule has 0 fully saturated rings. The molecule has 0 aliphatic heterocycles. The zero-order valence-electron chi connectivity index (χ0n) is 14.8. The minimum Gasteiger partial charge on any atom is -0.463 e. The van der Waals surface area contributed by atoms with Crippen LogP contribution < -0.4 is 0 Å². The van der Waals surface area contributed by atoms with Gasteiger partial charge in [0.25, 0.3) is 0 Å². The van der Waals surface area contributed by atoms with Gasteiger partial charge in [-0.15, -0.1) is 0 Å². The molecule has 0 aromatic heterocycles. The van der Waals surface area contributed by atoms with Gasteiger partial charge in [-0.25, -0.2) is 0 Å². The SMILES string of the molecule is CCCCCCCCCCCCOCCC(=O)OCC(O)CO. The van der Waals surface area contributed by atoms with E-state index in [0.29, 0.717) is 13.2 Å². The predicted octanol–water partition coefficient (Wildman–Crippen LogP) is 3.21. The lowest BCUT2D eigenvalue weighted by atomic mass is 10.1. The molecule has 5 nitrogen and oxygen atoms in total. The Kier molecular flexibility index (Phi) is 17.2. The number of esters is 1. The maximum atomic E-state index is 11.3. The third kappa shape index (κ3) is 17.5. The molecule has 0 saturated carbocycles. The molecule has 0 aliphatic rings. The maximum Gasteiger partial charge on any atom is 0.308 e. The Balaban J connectivity index is 3.14. The fourth-order valence-corrected chi connectivity index (χ4v) is 2.26. The molecular weight excluding hydrogens is 296 g/mol. The highest BCUT2D eigenvalue weighted by atomic mass is 16.5. The van der Waals surface area contributed by atoms with Crippen LogP contribution in [0.2, 0.25) is 0 Å². The quantitative estimate of drug-likeness (QED) is 0.316. The van der Waals surface area contributed by atoms with Crippen LogP contribution in [-0.4, -0.2) is 48.7 Å². The Hall–Kier alpha value is -0.650. The number of carbonyl (C=O) groups excluding carboxylic acids is 1. The molecule has 0 radical (unpaired) electrons. The van der Waals surface area contributed by atoms with Crippen LogP contribution >= 0.6 is 0 Å². The molecule has 1 atom stereocenters. The molecule has 1 unspecified atom stereocenters. The Bertz CT molecular complexity index is 258. The average Bonchev–Trinajstić information content (AvgIpc) is 2.56. The van der Waals surface area contributed by atoms with Crippen molar-refractivity contribution in [2.24, 2.45) is 0 Å². The molecule has 0 bridgehead atoms. The first-order valence-corrected chi connectivity index (χ1v) is 9.23. The molecule has 0 aromatic carbocycles. The minimum atomic E-state index is -0.994. The van der Waals surface area contributed by atoms with Gasteiger partial charge in [-0.05, 0) is 6.42 Å². The first-order chi connectivity index (χ1) is 11.2. The fraction of sp³-hybridized carbons (Fsp3) is 0.944. The Labute approximate surface area is 141 Å². The van der Waals surface area contributed by atoms with E-state index in [1.54, 1.807) is 0 Å². The second-order valence-corrected chi connectivity index (χ2v) is 6.06. The second kappa shape index (κ2) is 17.7. The molecule has 5 heteroatoms. The van der Waals surface area contributed by atoms with Crippen molar-refractivity contribution < 1.29 is 24.5 Å². The molecule has 23 heavy (non-hydrogen) atoms. The monoisotopic (exact) mass is 332 g/mol. The first-order valence-electron chi connectivity index (χ1n) is 9.23. The van der Waals surface area contributed by atoms with E-state index < -0.39 is 18.7 Å². The number of ether oxygens (including phenoxy) is 2. The third-order valence-corrected chi connectivity index (χ3v) is 3.74. The van der Waals surface area contributed by atoms with Crippen LogP contribution in [0.25, 0.3) is 0 Å². The number of unbranched alkanes of at least 4 members (excludes halogenated alkanes) is 9. The van der Waals surface area contributed by atoms with E-state index in [1.807, 2.05) is 0 Å². The van der Waals surface area contributed by atoms with Gasteiger partial charge in [0.15, 0.2) is 0 Å². The summed E-state index contributed by atoms with van der Waals surface area (Å²) in [5, 5.41) is 17.6. The number of aliphatic hydroxyl groups is 2. The first kappa shape index (κ1) is 22.4. The summed E-state index contributed by atoms with van der Waals surface area (Å²) >= 11 is 0. The molecule has 0 spiro atoms. The largest absolute Gasteiger partial charge is 0.463 e. The van der Waals surface area contributed by atoms with Crippen molar-refractivity contribution >= 4 is 5.97 Å². The Morgan fingerprint density at radius 1 is 0.913 bits per heavy atom. The van der Waals surface area contributed by atoms with E-state index in [9.17, 15) is 4.79 Å².